The minimum Gasteiger partial charge on any atom is -0.310 e. The molecule has 11 aromatic carbocycles. The predicted octanol–water partition coefficient (Wildman–Crippen LogP) is 20.7. The van der Waals surface area contributed by atoms with E-state index in [1.165, 1.54) is 11.1 Å². The zero-order valence-electron chi connectivity index (χ0n) is 59.4. The Morgan fingerprint density at radius 3 is 1.09 bits per heavy atom. The lowest BCUT2D eigenvalue weighted by Gasteiger charge is -2.47. The third-order valence-electron chi connectivity index (χ3n) is 17.8. The summed E-state index contributed by atoms with van der Waals surface area (Å²) in [6, 6.07) is 67.3. The van der Waals surface area contributed by atoms with Crippen LogP contribution in [0.3, 0.4) is 0 Å². The van der Waals surface area contributed by atoms with E-state index >= 15 is 0 Å². The Bertz CT molecular complexity index is 4900. The molecule has 2 aliphatic rings. The van der Waals surface area contributed by atoms with Crippen LogP contribution in [-0.2, 0) is 21.7 Å². The van der Waals surface area contributed by atoms with Crippen molar-refractivity contribution in [3.05, 3.63) is 265 Å². The van der Waals surface area contributed by atoms with Crippen molar-refractivity contribution in [3.8, 4) is 50.2 Å². The molecule has 0 bridgehead atoms. The number of fused-ring (bicyclic) bond motifs is 7. The van der Waals surface area contributed by atoms with Gasteiger partial charge in [-0.05, 0) is 149 Å². The van der Waals surface area contributed by atoms with Crippen LogP contribution in [0, 0.1) is 0 Å². The Hall–Kier alpha value is -9.12. The minimum atomic E-state index is -0.486. The summed E-state index contributed by atoms with van der Waals surface area (Å²) in [6.45, 7) is 26.9. The SMILES string of the molecule is [2H]c1c([2H])c([2H])c2c(c1[2H])c1c([2H])c([2H])c([2H])c([2H])c1n2-c1ccc2c(c1)N(c1c(-c3ccccc3)cc(C(C)(C)C)cc1-c1ccccc1)c1cc(C(C)(C)C)cc3c1B2c1cc(C(C)(C)C)ccc1N3c1c(-c2ccccc2)cc(C(C)(C)C)cc1-c1ccccc1. The Morgan fingerprint density at radius 2 is 0.698 bits per heavy atom. The number of nitrogens with zero attached hydrogens (tertiary/aromatic N) is 3. The number of rotatable bonds is 7. The van der Waals surface area contributed by atoms with E-state index in [-0.39, 0.29) is 62.2 Å². The first-order valence-corrected chi connectivity index (χ1v) is 30.2. The van der Waals surface area contributed by atoms with Crippen LogP contribution in [0.2, 0.25) is 0 Å². The molecule has 1 aromatic heterocycles. The van der Waals surface area contributed by atoms with Crippen LogP contribution >= 0.6 is 0 Å². The Kier molecular flexibility index (Phi) is 10.9. The maximum absolute atomic E-state index is 9.73. The van der Waals surface area contributed by atoms with Gasteiger partial charge in [0.1, 0.15) is 0 Å². The topological polar surface area (TPSA) is 11.4 Å². The maximum atomic E-state index is 9.73. The third kappa shape index (κ3) is 9.19. The van der Waals surface area contributed by atoms with E-state index in [1.807, 2.05) is 6.07 Å². The molecule has 86 heavy (non-hydrogen) atoms. The monoisotopic (exact) mass is 1120 g/mol. The molecular weight excluding hydrogens is 1040 g/mol. The first-order chi connectivity index (χ1) is 44.5. The van der Waals surface area contributed by atoms with Crippen molar-refractivity contribution in [2.75, 3.05) is 9.80 Å². The van der Waals surface area contributed by atoms with E-state index in [4.69, 9.17) is 2.74 Å². The van der Waals surface area contributed by atoms with Crippen molar-refractivity contribution in [1.29, 1.82) is 0 Å². The highest BCUT2D eigenvalue weighted by Gasteiger charge is 2.47. The van der Waals surface area contributed by atoms with E-state index in [0.29, 0.717) is 5.69 Å². The summed E-state index contributed by atoms with van der Waals surface area (Å²) >= 11 is 0. The van der Waals surface area contributed by atoms with E-state index in [0.717, 1.165) is 106 Å². The van der Waals surface area contributed by atoms with Crippen molar-refractivity contribution >= 4 is 79.0 Å². The molecule has 0 unspecified atom stereocenters. The van der Waals surface area contributed by atoms with Gasteiger partial charge in [-0.3, -0.25) is 0 Å². The molecule has 3 heterocycles. The van der Waals surface area contributed by atoms with Gasteiger partial charge in [-0.2, -0.15) is 0 Å². The average Bonchev–Trinajstić information content (AvgIpc) is 0.919. The number of aromatic nitrogens is 1. The molecule has 12 aromatic rings. The molecule has 0 atom stereocenters. The fraction of sp³-hybridized carbons (Fsp3) is 0.195. The first kappa shape index (κ1) is 46.2. The predicted molar refractivity (Wildman–Crippen MR) is 371 cm³/mol. The standard InChI is InChI=1S/C82H76BN3/c1-79(2,3)57-41-44-72-69(49-57)83-68-43-42-61(84-70-39-27-25-37-62(70)63-38-26-28-40-71(63)84)52-73(68)86(78-66(55-33-21-15-22-34-55)47-59(81(7,8)9)48-67(78)56-35-23-16-24-36-56)75-51-60(82(10,11)12)50-74(76(75)83)85(72)77-64(53-29-17-13-18-30-53)45-58(80(4,5)6)46-65(77)54-31-19-14-20-32-54/h13-52H,1-12H3/i25D,26D,27D,28D,37D,38D,39D,40D. The van der Waals surface area contributed by atoms with Crippen LogP contribution in [0.15, 0.2) is 242 Å². The molecule has 2 aliphatic heterocycles. The second kappa shape index (κ2) is 20.3. The number of anilines is 6. The zero-order chi connectivity index (χ0) is 66.6. The van der Waals surface area contributed by atoms with Crippen LogP contribution in [0.4, 0.5) is 34.1 Å². The van der Waals surface area contributed by atoms with Gasteiger partial charge in [-0.15, -0.1) is 0 Å². The molecule has 14 rings (SSSR count). The van der Waals surface area contributed by atoms with Gasteiger partial charge in [-0.25, -0.2) is 0 Å². The van der Waals surface area contributed by atoms with Crippen LogP contribution in [0.1, 0.15) is 116 Å². The van der Waals surface area contributed by atoms with Crippen molar-refractivity contribution in [2.24, 2.45) is 0 Å². The normalized spacial score (nSPS) is 14.6. The average molecular weight is 1120 g/mol. The van der Waals surface area contributed by atoms with Gasteiger partial charge in [0, 0.05) is 61.5 Å². The second-order valence-electron chi connectivity index (χ2n) is 27.6. The molecule has 0 spiro atoms. The highest BCUT2D eigenvalue weighted by molar-refractivity contribution is 7.00. The smallest absolute Gasteiger partial charge is 0.252 e. The second-order valence-corrected chi connectivity index (χ2v) is 27.6. The van der Waals surface area contributed by atoms with Crippen LogP contribution in [-0.4, -0.2) is 11.3 Å². The van der Waals surface area contributed by atoms with Gasteiger partial charge in [0.15, 0.2) is 0 Å². The summed E-state index contributed by atoms with van der Waals surface area (Å²) in [7, 11) is 0. The van der Waals surface area contributed by atoms with E-state index in [2.05, 4.69) is 281 Å². The molecule has 422 valence electrons. The summed E-state index contributed by atoms with van der Waals surface area (Å²) in [6.07, 6.45) is 0. The third-order valence-corrected chi connectivity index (χ3v) is 17.8. The molecular formula is C82H76BN3. The Morgan fingerprint density at radius 1 is 0.326 bits per heavy atom. The molecule has 3 nitrogen and oxygen atoms in total. The van der Waals surface area contributed by atoms with Gasteiger partial charge in [-0.1, -0.05) is 259 Å². The fourth-order valence-corrected chi connectivity index (χ4v) is 13.2. The largest absolute Gasteiger partial charge is 0.310 e. The molecule has 4 heteroatoms. The highest BCUT2D eigenvalue weighted by atomic mass is 15.2. The van der Waals surface area contributed by atoms with Crippen molar-refractivity contribution in [2.45, 2.75) is 105 Å². The van der Waals surface area contributed by atoms with Crippen molar-refractivity contribution < 1.29 is 11.0 Å². The number of benzene rings is 11. The lowest BCUT2D eigenvalue weighted by molar-refractivity contribution is 0.590. The molecule has 0 saturated carbocycles. The quantitative estimate of drug-likeness (QED) is 0.147. The molecule has 0 saturated heterocycles. The van der Waals surface area contributed by atoms with E-state index < -0.39 is 36.3 Å². The zero-order valence-corrected chi connectivity index (χ0v) is 51.4. The molecule has 0 fully saturated rings. The number of para-hydroxylation sites is 2. The van der Waals surface area contributed by atoms with Gasteiger partial charge < -0.3 is 14.4 Å². The van der Waals surface area contributed by atoms with Gasteiger partial charge >= 0.3 is 0 Å². The van der Waals surface area contributed by atoms with Gasteiger partial charge in [0.2, 0.25) is 0 Å². The van der Waals surface area contributed by atoms with Crippen LogP contribution in [0.5, 0.6) is 0 Å². The number of hydrogen-bond acceptors (Lipinski definition) is 2. The summed E-state index contributed by atoms with van der Waals surface area (Å²) in [5.41, 5.74) is 21.4. The number of hydrogen-bond donors (Lipinski definition) is 0. The van der Waals surface area contributed by atoms with Crippen LogP contribution < -0.4 is 26.2 Å². The molecule has 0 amide bonds. The van der Waals surface area contributed by atoms with Crippen molar-refractivity contribution in [1.82, 2.24) is 4.57 Å². The summed E-state index contributed by atoms with van der Waals surface area (Å²) in [5, 5.41) is 0.0540. The van der Waals surface area contributed by atoms with Crippen LogP contribution in [0.25, 0.3) is 72.0 Å². The Labute approximate surface area is 521 Å². The van der Waals surface area contributed by atoms with Crippen molar-refractivity contribution in [3.63, 3.8) is 0 Å². The summed E-state index contributed by atoms with van der Waals surface area (Å²) in [5.74, 6) is 0. The lowest BCUT2D eigenvalue weighted by atomic mass is 9.33. The summed E-state index contributed by atoms with van der Waals surface area (Å²) in [4.78, 5) is 5.05. The minimum absolute atomic E-state index is 0.0270. The van der Waals surface area contributed by atoms with Gasteiger partial charge in [0.25, 0.3) is 6.71 Å². The Balaban J connectivity index is 1.22. The highest BCUT2D eigenvalue weighted by Crippen LogP contribution is 2.55. The van der Waals surface area contributed by atoms with E-state index in [1.54, 1.807) is 4.57 Å². The van der Waals surface area contributed by atoms with Gasteiger partial charge in [0.05, 0.1) is 33.4 Å². The molecule has 0 aliphatic carbocycles. The first-order valence-electron chi connectivity index (χ1n) is 34.2. The molecule has 0 N–H and O–H groups in total. The maximum Gasteiger partial charge on any atom is 0.252 e. The fourth-order valence-electron chi connectivity index (χ4n) is 13.2. The lowest BCUT2D eigenvalue weighted by Crippen LogP contribution is -2.61. The summed E-state index contributed by atoms with van der Waals surface area (Å²) < 4.78 is 76.4. The molecule has 0 radical (unpaired) electrons. The van der Waals surface area contributed by atoms with E-state index in [9.17, 15) is 8.22 Å².